The number of halogens is 3. The fourth-order valence-corrected chi connectivity index (χ4v) is 1.96. The first-order valence-corrected chi connectivity index (χ1v) is 6.56. The van der Waals surface area contributed by atoms with E-state index in [4.69, 9.17) is 9.47 Å². The van der Waals surface area contributed by atoms with E-state index in [1.807, 2.05) is 0 Å². The van der Waals surface area contributed by atoms with Gasteiger partial charge in [0.25, 0.3) is 0 Å². The van der Waals surface area contributed by atoms with Gasteiger partial charge in [-0.05, 0) is 24.6 Å². The van der Waals surface area contributed by atoms with Gasteiger partial charge < -0.3 is 9.47 Å². The van der Waals surface area contributed by atoms with Crippen molar-refractivity contribution in [2.45, 2.75) is 25.3 Å². The molecular formula is C14H15F3N2O3. The summed E-state index contributed by atoms with van der Waals surface area (Å²) in [6.45, 7) is 2.46. The van der Waals surface area contributed by atoms with Crippen LogP contribution in [0.2, 0.25) is 0 Å². The number of hydrogen-bond donors (Lipinski definition) is 1. The maximum atomic E-state index is 12.5. The molecule has 1 amide bonds. The SMILES string of the molecule is CC1(CC(=O)N/N=C/c2cccc(C(F)(F)F)c2)OCCO1. The number of nitrogens with zero attached hydrogens (tertiary/aromatic N) is 1. The van der Waals surface area contributed by atoms with E-state index < -0.39 is 23.4 Å². The summed E-state index contributed by atoms with van der Waals surface area (Å²) < 4.78 is 48.2. The monoisotopic (exact) mass is 316 g/mol. The smallest absolute Gasteiger partial charge is 0.347 e. The van der Waals surface area contributed by atoms with Crippen LogP contribution in [-0.2, 0) is 20.4 Å². The van der Waals surface area contributed by atoms with Gasteiger partial charge in [0.1, 0.15) is 0 Å². The fourth-order valence-electron chi connectivity index (χ4n) is 1.96. The van der Waals surface area contributed by atoms with E-state index in [-0.39, 0.29) is 12.0 Å². The topological polar surface area (TPSA) is 59.9 Å². The first-order chi connectivity index (χ1) is 10.3. The first-order valence-electron chi connectivity index (χ1n) is 6.56. The van der Waals surface area contributed by atoms with Gasteiger partial charge in [0.15, 0.2) is 5.79 Å². The largest absolute Gasteiger partial charge is 0.416 e. The minimum Gasteiger partial charge on any atom is -0.347 e. The average Bonchev–Trinajstić information content (AvgIpc) is 2.84. The zero-order valence-electron chi connectivity index (χ0n) is 11.8. The summed E-state index contributed by atoms with van der Waals surface area (Å²) in [4.78, 5) is 11.7. The highest BCUT2D eigenvalue weighted by atomic mass is 19.4. The highest BCUT2D eigenvalue weighted by Gasteiger charge is 2.33. The Balaban J connectivity index is 1.91. The molecule has 0 atom stereocenters. The lowest BCUT2D eigenvalue weighted by Crippen LogP contribution is -2.33. The zero-order valence-corrected chi connectivity index (χ0v) is 11.8. The molecule has 1 heterocycles. The highest BCUT2D eigenvalue weighted by Crippen LogP contribution is 2.29. The van der Waals surface area contributed by atoms with Crippen LogP contribution < -0.4 is 5.43 Å². The second-order valence-electron chi connectivity index (χ2n) is 4.92. The Morgan fingerprint density at radius 1 is 1.41 bits per heavy atom. The molecule has 1 N–H and O–H groups in total. The van der Waals surface area contributed by atoms with Crippen molar-refractivity contribution in [2.24, 2.45) is 5.10 Å². The number of nitrogens with one attached hydrogen (secondary N) is 1. The summed E-state index contributed by atoms with van der Waals surface area (Å²) in [5.74, 6) is -1.43. The van der Waals surface area contributed by atoms with Crippen molar-refractivity contribution in [1.29, 1.82) is 0 Å². The van der Waals surface area contributed by atoms with Crippen LogP contribution in [0.15, 0.2) is 29.4 Å². The van der Waals surface area contributed by atoms with Gasteiger partial charge in [0.2, 0.25) is 5.91 Å². The van der Waals surface area contributed by atoms with Gasteiger partial charge >= 0.3 is 6.18 Å². The molecule has 0 aromatic heterocycles. The molecule has 0 radical (unpaired) electrons. The minimum absolute atomic E-state index is 0.0487. The first kappa shape index (κ1) is 16.4. The molecule has 1 aliphatic heterocycles. The van der Waals surface area contributed by atoms with Gasteiger partial charge in [0, 0.05) is 0 Å². The van der Waals surface area contributed by atoms with E-state index in [0.717, 1.165) is 18.3 Å². The molecule has 0 unspecified atom stereocenters. The van der Waals surface area contributed by atoms with Gasteiger partial charge in [-0.3, -0.25) is 4.79 Å². The molecular weight excluding hydrogens is 301 g/mol. The second-order valence-corrected chi connectivity index (χ2v) is 4.92. The summed E-state index contributed by atoms with van der Waals surface area (Å²) in [6.07, 6.45) is -3.32. The lowest BCUT2D eigenvalue weighted by molar-refractivity contribution is -0.159. The second kappa shape index (κ2) is 6.45. The van der Waals surface area contributed by atoms with Crippen LogP contribution in [0.1, 0.15) is 24.5 Å². The predicted molar refractivity (Wildman–Crippen MR) is 72.1 cm³/mol. The van der Waals surface area contributed by atoms with E-state index in [1.165, 1.54) is 12.1 Å². The number of amides is 1. The Morgan fingerprint density at radius 3 is 2.73 bits per heavy atom. The number of carbonyl (C=O) groups excluding carboxylic acids is 1. The number of benzene rings is 1. The lowest BCUT2D eigenvalue weighted by atomic mass is 10.1. The summed E-state index contributed by atoms with van der Waals surface area (Å²) in [7, 11) is 0. The van der Waals surface area contributed by atoms with E-state index in [1.54, 1.807) is 6.92 Å². The van der Waals surface area contributed by atoms with Gasteiger partial charge in [-0.25, -0.2) is 5.43 Å². The average molecular weight is 316 g/mol. The van der Waals surface area contributed by atoms with Crippen LogP contribution in [0.4, 0.5) is 13.2 Å². The van der Waals surface area contributed by atoms with E-state index >= 15 is 0 Å². The number of ether oxygens (including phenoxy) is 2. The Bertz CT molecular complexity index is 567. The van der Waals surface area contributed by atoms with Crippen molar-refractivity contribution in [3.8, 4) is 0 Å². The maximum Gasteiger partial charge on any atom is 0.416 e. The Hall–Kier alpha value is -1.93. The third kappa shape index (κ3) is 4.54. The van der Waals surface area contributed by atoms with Crippen molar-refractivity contribution in [2.75, 3.05) is 13.2 Å². The molecule has 0 aliphatic carbocycles. The normalized spacial score (nSPS) is 17.8. The van der Waals surface area contributed by atoms with Gasteiger partial charge in [0.05, 0.1) is 31.4 Å². The van der Waals surface area contributed by atoms with E-state index in [0.29, 0.717) is 13.2 Å². The summed E-state index contributed by atoms with van der Waals surface area (Å²) in [5, 5.41) is 3.63. The number of rotatable bonds is 4. The van der Waals surface area contributed by atoms with Crippen LogP contribution in [0.25, 0.3) is 0 Å². The Labute approximate surface area is 125 Å². The molecule has 8 heteroatoms. The molecule has 1 aromatic carbocycles. The van der Waals surface area contributed by atoms with Crippen molar-refractivity contribution < 1.29 is 27.4 Å². The molecule has 0 bridgehead atoms. The highest BCUT2D eigenvalue weighted by molar-refractivity contribution is 5.82. The van der Waals surface area contributed by atoms with E-state index in [9.17, 15) is 18.0 Å². The Morgan fingerprint density at radius 2 is 2.09 bits per heavy atom. The van der Waals surface area contributed by atoms with Crippen LogP contribution in [0, 0.1) is 0 Å². The lowest BCUT2D eigenvalue weighted by Gasteiger charge is -2.20. The Kier molecular flexibility index (Phi) is 4.82. The maximum absolute atomic E-state index is 12.5. The molecule has 1 fully saturated rings. The van der Waals surface area contributed by atoms with Gasteiger partial charge in [-0.1, -0.05) is 12.1 Å². The van der Waals surface area contributed by atoms with Crippen molar-refractivity contribution >= 4 is 12.1 Å². The molecule has 0 spiro atoms. The molecule has 1 aliphatic rings. The summed E-state index contributed by atoms with van der Waals surface area (Å²) in [6, 6.07) is 4.63. The van der Waals surface area contributed by atoms with Crippen LogP contribution in [-0.4, -0.2) is 31.1 Å². The third-order valence-corrected chi connectivity index (χ3v) is 3.00. The van der Waals surface area contributed by atoms with Crippen molar-refractivity contribution in [3.05, 3.63) is 35.4 Å². The van der Waals surface area contributed by atoms with Crippen LogP contribution >= 0.6 is 0 Å². The molecule has 1 aromatic rings. The number of carbonyl (C=O) groups is 1. The fraction of sp³-hybridized carbons (Fsp3) is 0.429. The molecule has 0 saturated carbocycles. The number of alkyl halides is 3. The van der Waals surface area contributed by atoms with Crippen LogP contribution in [0.3, 0.4) is 0 Å². The number of hydrogen-bond acceptors (Lipinski definition) is 4. The van der Waals surface area contributed by atoms with Crippen molar-refractivity contribution in [1.82, 2.24) is 5.43 Å². The van der Waals surface area contributed by atoms with Crippen molar-refractivity contribution in [3.63, 3.8) is 0 Å². The van der Waals surface area contributed by atoms with Gasteiger partial charge in [-0.15, -0.1) is 0 Å². The summed E-state index contributed by atoms with van der Waals surface area (Å²) in [5.41, 5.74) is 1.69. The predicted octanol–water partition coefficient (Wildman–Crippen LogP) is 2.31. The summed E-state index contributed by atoms with van der Waals surface area (Å²) >= 11 is 0. The third-order valence-electron chi connectivity index (χ3n) is 3.00. The standard InChI is InChI=1S/C14H15F3N2O3/c1-13(21-5-6-22-13)8-12(20)19-18-9-10-3-2-4-11(7-10)14(15,16)17/h2-4,7,9H,5-6,8H2,1H3,(H,19,20)/b18-9+. The number of hydrazone groups is 1. The van der Waals surface area contributed by atoms with Gasteiger partial charge in [-0.2, -0.15) is 18.3 Å². The van der Waals surface area contributed by atoms with Crippen LogP contribution in [0.5, 0.6) is 0 Å². The molecule has 1 saturated heterocycles. The zero-order chi connectivity index (χ0) is 16.2. The quantitative estimate of drug-likeness (QED) is 0.685. The molecule has 22 heavy (non-hydrogen) atoms. The molecule has 2 rings (SSSR count). The van der Waals surface area contributed by atoms with E-state index in [2.05, 4.69) is 10.5 Å². The molecule has 5 nitrogen and oxygen atoms in total. The minimum atomic E-state index is -4.42. The molecule has 120 valence electrons.